The van der Waals surface area contributed by atoms with E-state index in [1.165, 1.54) is 70.8 Å². The maximum atomic E-state index is 6.29. The summed E-state index contributed by atoms with van der Waals surface area (Å²) in [7, 11) is 1.62. The molecule has 0 bridgehead atoms. The molecule has 2 unspecified atom stereocenters. The number of nitrogens with zero attached hydrogens (tertiary/aromatic N) is 1. The minimum Gasteiger partial charge on any atom is -0.386 e. The van der Waals surface area contributed by atoms with Crippen LogP contribution in [-0.2, 0) is 8.85 Å². The van der Waals surface area contributed by atoms with Gasteiger partial charge in [-0.2, -0.15) is 0 Å². The summed E-state index contributed by atoms with van der Waals surface area (Å²) >= 11 is 0. The first-order valence-corrected chi connectivity index (χ1v) is 11.4. The van der Waals surface area contributed by atoms with Gasteiger partial charge in [0.25, 0.3) is 0 Å². The zero-order valence-electron chi connectivity index (χ0n) is 14.9. The molecule has 1 saturated heterocycles. The van der Waals surface area contributed by atoms with Crippen LogP contribution in [0.1, 0.15) is 71.1 Å². The minimum atomic E-state index is -2.25. The third-order valence-electron chi connectivity index (χ3n) is 6.76. The molecule has 4 heteroatoms. The second-order valence-corrected chi connectivity index (χ2v) is 11.4. The normalized spacial score (nSPS) is 37.8. The van der Waals surface area contributed by atoms with E-state index in [1.54, 1.807) is 0 Å². The van der Waals surface area contributed by atoms with E-state index in [0.29, 0.717) is 5.54 Å². The van der Waals surface area contributed by atoms with Crippen LogP contribution in [0.25, 0.3) is 0 Å². The van der Waals surface area contributed by atoms with Gasteiger partial charge in [0.15, 0.2) is 0 Å². The summed E-state index contributed by atoms with van der Waals surface area (Å²) in [6, 6.07) is 0.744. The number of piperidine rings is 1. The molecule has 3 fully saturated rings. The van der Waals surface area contributed by atoms with Crippen molar-refractivity contribution in [3.63, 3.8) is 0 Å². The highest BCUT2D eigenvalue weighted by Crippen LogP contribution is 2.46. The average molecular weight is 326 g/mol. The van der Waals surface area contributed by atoms with Gasteiger partial charge >= 0.3 is 8.72 Å². The Hall–Kier alpha value is 0.0969. The van der Waals surface area contributed by atoms with Crippen LogP contribution in [0.15, 0.2) is 0 Å². The topological polar surface area (TPSA) is 21.7 Å². The van der Waals surface area contributed by atoms with E-state index >= 15 is 0 Å². The molecule has 0 spiro atoms. The average Bonchev–Trinajstić information content (AvgIpc) is 2.58. The molecule has 1 aliphatic heterocycles. The molecule has 22 heavy (non-hydrogen) atoms. The van der Waals surface area contributed by atoms with Gasteiger partial charge in [-0.1, -0.05) is 32.6 Å². The zero-order valence-corrected chi connectivity index (χ0v) is 15.9. The fraction of sp³-hybridized carbons (Fsp3) is 1.00. The molecule has 0 aromatic rings. The van der Waals surface area contributed by atoms with Crippen molar-refractivity contribution in [2.75, 3.05) is 20.8 Å². The smallest absolute Gasteiger partial charge is 0.386 e. The van der Waals surface area contributed by atoms with Crippen LogP contribution in [0.5, 0.6) is 0 Å². The molecule has 0 N–H and O–H groups in total. The summed E-state index contributed by atoms with van der Waals surface area (Å²) in [6.45, 7) is 3.61. The number of hydrogen-bond donors (Lipinski definition) is 0. The second kappa shape index (κ2) is 7.33. The van der Waals surface area contributed by atoms with Gasteiger partial charge in [0, 0.05) is 25.8 Å². The van der Waals surface area contributed by atoms with Gasteiger partial charge in [0.1, 0.15) is 0 Å². The molecule has 128 valence electrons. The lowest BCUT2D eigenvalue weighted by Crippen LogP contribution is -2.67. The van der Waals surface area contributed by atoms with Crippen molar-refractivity contribution in [1.82, 2.24) is 4.57 Å². The summed E-state index contributed by atoms with van der Waals surface area (Å²) < 4.78 is 15.4. The van der Waals surface area contributed by atoms with Crippen LogP contribution >= 0.6 is 0 Å². The molecular weight excluding hydrogens is 290 g/mol. The molecule has 0 aromatic heterocycles. The first-order valence-electron chi connectivity index (χ1n) is 9.58. The van der Waals surface area contributed by atoms with E-state index in [2.05, 4.69) is 11.5 Å². The Morgan fingerprint density at radius 1 is 0.818 bits per heavy atom. The summed E-state index contributed by atoms with van der Waals surface area (Å²) in [4.78, 5) is 0. The minimum absolute atomic E-state index is 0.666. The molecule has 2 aliphatic carbocycles. The summed E-state index contributed by atoms with van der Waals surface area (Å²) in [6.07, 6.45) is 13.7. The van der Waals surface area contributed by atoms with Gasteiger partial charge in [-0.3, -0.25) is 4.57 Å². The number of hydrogen-bond acceptors (Lipinski definition) is 3. The van der Waals surface area contributed by atoms with E-state index < -0.39 is 8.72 Å². The zero-order chi connectivity index (χ0) is 15.6. The quantitative estimate of drug-likeness (QED) is 0.713. The van der Waals surface area contributed by atoms with Crippen LogP contribution in [0.4, 0.5) is 0 Å². The fourth-order valence-electron chi connectivity index (χ4n) is 5.52. The number of fused-ring (bicyclic) bond motifs is 1. The highest BCUT2D eigenvalue weighted by Gasteiger charge is 2.55. The SMILES string of the molecule is CO[Si](OC)(C1CCC(C)CC1)N1CCCC2CCCCC21. The predicted molar refractivity (Wildman–Crippen MR) is 92.8 cm³/mol. The number of rotatable bonds is 4. The Bertz CT molecular complexity index is 351. The third kappa shape index (κ3) is 3.04. The second-order valence-electron chi connectivity index (χ2n) is 7.94. The lowest BCUT2D eigenvalue weighted by Gasteiger charge is -2.53. The van der Waals surface area contributed by atoms with Crippen LogP contribution in [0, 0.1) is 11.8 Å². The molecule has 3 rings (SSSR count). The molecule has 0 aromatic carbocycles. The largest absolute Gasteiger partial charge is 0.430 e. The first-order chi connectivity index (χ1) is 10.7. The molecule has 2 saturated carbocycles. The highest BCUT2D eigenvalue weighted by molar-refractivity contribution is 6.66. The van der Waals surface area contributed by atoms with Gasteiger partial charge < -0.3 is 8.85 Å². The van der Waals surface area contributed by atoms with E-state index in [0.717, 1.165) is 17.9 Å². The van der Waals surface area contributed by atoms with Crippen molar-refractivity contribution in [1.29, 1.82) is 0 Å². The van der Waals surface area contributed by atoms with Gasteiger partial charge in [0.2, 0.25) is 0 Å². The van der Waals surface area contributed by atoms with Crippen molar-refractivity contribution in [3.8, 4) is 0 Å². The predicted octanol–water partition coefficient (Wildman–Crippen LogP) is 4.45. The Balaban J connectivity index is 1.82. The maximum Gasteiger partial charge on any atom is 0.430 e. The van der Waals surface area contributed by atoms with Crippen LogP contribution in [0.3, 0.4) is 0 Å². The molecule has 3 nitrogen and oxygen atoms in total. The van der Waals surface area contributed by atoms with Gasteiger partial charge in [-0.25, -0.2) is 0 Å². The molecule has 1 heterocycles. The van der Waals surface area contributed by atoms with Crippen LogP contribution in [0.2, 0.25) is 5.54 Å². The highest BCUT2D eigenvalue weighted by atomic mass is 28.4. The van der Waals surface area contributed by atoms with Crippen molar-refractivity contribution < 1.29 is 8.85 Å². The first kappa shape index (κ1) is 16.9. The van der Waals surface area contributed by atoms with E-state index in [-0.39, 0.29) is 0 Å². The van der Waals surface area contributed by atoms with Crippen LogP contribution in [-0.4, -0.2) is 40.1 Å². The molecular formula is C18H35NO2Si. The summed E-state index contributed by atoms with van der Waals surface area (Å²) in [5, 5.41) is 0. The van der Waals surface area contributed by atoms with Gasteiger partial charge in [-0.05, 0) is 56.9 Å². The standard InChI is InChI=1S/C18H35NO2Si/c1-15-10-12-17(13-11-15)22(20-2,21-3)19-14-6-8-16-7-4-5-9-18(16)19/h15-18H,4-14H2,1-3H3. The summed E-state index contributed by atoms with van der Waals surface area (Å²) in [5.41, 5.74) is 0.666. The van der Waals surface area contributed by atoms with Crippen molar-refractivity contribution in [3.05, 3.63) is 0 Å². The van der Waals surface area contributed by atoms with E-state index in [9.17, 15) is 0 Å². The van der Waals surface area contributed by atoms with Crippen molar-refractivity contribution in [2.45, 2.75) is 82.7 Å². The maximum absolute atomic E-state index is 6.29. The molecule has 2 atom stereocenters. The monoisotopic (exact) mass is 325 g/mol. The van der Waals surface area contributed by atoms with Crippen molar-refractivity contribution in [2.24, 2.45) is 11.8 Å². The summed E-state index contributed by atoms with van der Waals surface area (Å²) in [5.74, 6) is 1.79. The van der Waals surface area contributed by atoms with Gasteiger partial charge in [-0.15, -0.1) is 0 Å². The molecule has 0 radical (unpaired) electrons. The Morgan fingerprint density at radius 3 is 2.14 bits per heavy atom. The lowest BCUT2D eigenvalue weighted by atomic mass is 9.79. The van der Waals surface area contributed by atoms with Gasteiger partial charge in [0.05, 0.1) is 0 Å². The molecule has 3 aliphatic rings. The van der Waals surface area contributed by atoms with E-state index in [1.807, 2.05) is 14.2 Å². The van der Waals surface area contributed by atoms with Crippen LogP contribution < -0.4 is 0 Å². The molecule has 0 amide bonds. The van der Waals surface area contributed by atoms with E-state index in [4.69, 9.17) is 8.85 Å². The lowest BCUT2D eigenvalue weighted by molar-refractivity contribution is 0.0502. The Labute approximate surface area is 138 Å². The van der Waals surface area contributed by atoms with Crippen molar-refractivity contribution >= 4 is 8.72 Å². The Morgan fingerprint density at radius 2 is 1.45 bits per heavy atom. The third-order valence-corrected chi connectivity index (χ3v) is 10.9. The fourth-order valence-corrected chi connectivity index (χ4v) is 9.63. The Kier molecular flexibility index (Phi) is 5.64.